The summed E-state index contributed by atoms with van der Waals surface area (Å²) in [6.45, 7) is 6.40. The van der Waals surface area contributed by atoms with E-state index < -0.39 is 18.2 Å². The maximum absolute atomic E-state index is 13.2. The fourth-order valence-electron chi connectivity index (χ4n) is 7.91. The number of rotatable bonds is 47. The van der Waals surface area contributed by atoms with Gasteiger partial charge in [-0.15, -0.1) is 0 Å². The number of aliphatic hydroxyl groups is 2. The van der Waals surface area contributed by atoms with E-state index >= 15 is 0 Å². The molecule has 0 rings (SSSR count). The Balaban J connectivity index is 4.42. The molecule has 0 radical (unpaired) electrons. The number of ether oxygens (including phenoxy) is 1. The van der Waals surface area contributed by atoms with Crippen molar-refractivity contribution in [2.75, 3.05) is 6.61 Å². The molecule has 0 aliphatic rings. The Morgan fingerprint density at radius 2 is 0.885 bits per heavy atom. The van der Waals surface area contributed by atoms with Crippen LogP contribution in [0.1, 0.15) is 265 Å². The SMILES string of the molecule is CCC/C=C\CCCCCC(CC(=O)NC(CO)C(O)CCCCCCCCCCCCCCCCCC)OC(=O)CCCCCCC/C=C/C=C/C=C/CCCCCCC. The molecular weight excluding hydrogens is 755 g/mol. The summed E-state index contributed by atoms with van der Waals surface area (Å²) in [5, 5.41) is 23.7. The molecule has 0 aromatic heterocycles. The third-order valence-electron chi connectivity index (χ3n) is 11.9. The molecule has 0 aromatic carbocycles. The van der Waals surface area contributed by atoms with Gasteiger partial charge in [-0.3, -0.25) is 9.59 Å². The Morgan fingerprint density at radius 1 is 0.475 bits per heavy atom. The second kappa shape index (κ2) is 48.8. The van der Waals surface area contributed by atoms with Gasteiger partial charge in [-0.1, -0.05) is 230 Å². The van der Waals surface area contributed by atoms with Crippen LogP contribution < -0.4 is 5.32 Å². The Hall–Kier alpha value is -2.18. The minimum Gasteiger partial charge on any atom is -0.462 e. The highest BCUT2D eigenvalue weighted by atomic mass is 16.5. The van der Waals surface area contributed by atoms with Gasteiger partial charge < -0.3 is 20.3 Å². The molecule has 0 bridgehead atoms. The zero-order valence-corrected chi connectivity index (χ0v) is 40.5. The van der Waals surface area contributed by atoms with Gasteiger partial charge in [0.05, 0.1) is 25.2 Å². The summed E-state index contributed by atoms with van der Waals surface area (Å²) in [5.74, 6) is -0.512. The fraction of sp³-hybridized carbons (Fsp3) is 0.818. The summed E-state index contributed by atoms with van der Waals surface area (Å²) < 4.78 is 5.89. The Bertz CT molecular complexity index is 1050. The van der Waals surface area contributed by atoms with Gasteiger partial charge in [0.2, 0.25) is 5.91 Å². The van der Waals surface area contributed by atoms with Crippen LogP contribution in [0.15, 0.2) is 48.6 Å². The molecule has 61 heavy (non-hydrogen) atoms. The topological polar surface area (TPSA) is 95.9 Å². The van der Waals surface area contributed by atoms with Crippen LogP contribution in [-0.4, -0.2) is 46.9 Å². The quantitative estimate of drug-likeness (QED) is 0.0245. The Morgan fingerprint density at radius 3 is 1.38 bits per heavy atom. The molecule has 3 atom stereocenters. The Kier molecular flexibility index (Phi) is 47.1. The van der Waals surface area contributed by atoms with E-state index in [4.69, 9.17) is 4.74 Å². The number of carbonyl (C=O) groups is 2. The predicted octanol–water partition coefficient (Wildman–Crippen LogP) is 15.8. The van der Waals surface area contributed by atoms with Gasteiger partial charge in [0.1, 0.15) is 6.10 Å². The molecule has 6 nitrogen and oxygen atoms in total. The molecule has 6 heteroatoms. The van der Waals surface area contributed by atoms with E-state index in [1.165, 1.54) is 122 Å². The van der Waals surface area contributed by atoms with Gasteiger partial charge in [0.25, 0.3) is 0 Å². The van der Waals surface area contributed by atoms with E-state index in [2.05, 4.69) is 74.7 Å². The lowest BCUT2D eigenvalue weighted by Crippen LogP contribution is -2.46. The maximum atomic E-state index is 13.2. The van der Waals surface area contributed by atoms with Gasteiger partial charge in [-0.2, -0.15) is 0 Å². The normalized spacial score (nSPS) is 13.6. The van der Waals surface area contributed by atoms with E-state index in [0.29, 0.717) is 19.3 Å². The smallest absolute Gasteiger partial charge is 0.306 e. The van der Waals surface area contributed by atoms with Crippen molar-refractivity contribution in [3.05, 3.63) is 48.6 Å². The zero-order chi connectivity index (χ0) is 44.5. The average molecular weight is 856 g/mol. The molecule has 3 unspecified atom stereocenters. The van der Waals surface area contributed by atoms with Crippen LogP contribution in [0.25, 0.3) is 0 Å². The van der Waals surface area contributed by atoms with Crippen molar-refractivity contribution in [3.8, 4) is 0 Å². The van der Waals surface area contributed by atoms with Crippen LogP contribution in [0.4, 0.5) is 0 Å². The summed E-state index contributed by atoms with van der Waals surface area (Å²) in [4.78, 5) is 26.1. The van der Waals surface area contributed by atoms with Crippen LogP contribution in [0.5, 0.6) is 0 Å². The molecule has 0 aliphatic carbocycles. The molecule has 0 heterocycles. The molecule has 3 N–H and O–H groups in total. The third kappa shape index (κ3) is 44.2. The number of unbranched alkanes of at least 4 members (excludes halogenated alkanes) is 29. The van der Waals surface area contributed by atoms with Crippen molar-refractivity contribution in [2.24, 2.45) is 0 Å². The van der Waals surface area contributed by atoms with Crippen LogP contribution >= 0.6 is 0 Å². The molecule has 356 valence electrons. The summed E-state index contributed by atoms with van der Waals surface area (Å²) >= 11 is 0. The first kappa shape index (κ1) is 58.8. The molecule has 0 aromatic rings. The minimum absolute atomic E-state index is 0.0581. The number of aliphatic hydroxyl groups excluding tert-OH is 2. The summed E-state index contributed by atoms with van der Waals surface area (Å²) in [6.07, 6.45) is 59.0. The molecule has 0 aliphatic heterocycles. The van der Waals surface area contributed by atoms with Crippen LogP contribution in [0.3, 0.4) is 0 Å². The lowest BCUT2D eigenvalue weighted by molar-refractivity contribution is -0.151. The molecule has 0 fully saturated rings. The number of allylic oxidation sites excluding steroid dienone is 8. The average Bonchev–Trinajstić information content (AvgIpc) is 3.25. The number of hydrogen-bond donors (Lipinski definition) is 3. The molecular formula is C55H101NO5. The zero-order valence-electron chi connectivity index (χ0n) is 40.5. The van der Waals surface area contributed by atoms with Crippen molar-refractivity contribution in [2.45, 2.75) is 283 Å². The van der Waals surface area contributed by atoms with Crippen molar-refractivity contribution in [1.29, 1.82) is 0 Å². The monoisotopic (exact) mass is 856 g/mol. The standard InChI is InChI=1S/C55H101NO5/c1-4-7-10-13-16-19-21-23-25-27-28-30-32-34-36-39-42-45-48-55(60)61-51(46-43-40-37-18-15-12-9-6-3)49-54(59)56-52(50-57)53(58)47-44-41-38-35-33-31-29-26-24-22-20-17-14-11-8-5-2/h12,15,21,23,25,27-28,30,51-53,57-58H,4-11,13-14,16-20,22,24,26,29,31-50H2,1-3H3,(H,56,59)/b15-12-,23-21+,27-25+,30-28+. The Labute approximate surface area is 378 Å². The van der Waals surface area contributed by atoms with E-state index in [0.717, 1.165) is 96.3 Å². The number of carbonyl (C=O) groups excluding carboxylic acids is 2. The van der Waals surface area contributed by atoms with Crippen molar-refractivity contribution < 1.29 is 24.5 Å². The third-order valence-corrected chi connectivity index (χ3v) is 11.9. The fourth-order valence-corrected chi connectivity index (χ4v) is 7.91. The predicted molar refractivity (Wildman–Crippen MR) is 264 cm³/mol. The first-order valence-corrected chi connectivity index (χ1v) is 26.4. The summed E-state index contributed by atoms with van der Waals surface area (Å²) in [6, 6.07) is -0.709. The van der Waals surface area contributed by atoms with E-state index in [-0.39, 0.29) is 24.9 Å². The van der Waals surface area contributed by atoms with Gasteiger partial charge in [-0.05, 0) is 70.6 Å². The number of nitrogens with one attached hydrogen (secondary N) is 1. The van der Waals surface area contributed by atoms with Gasteiger partial charge >= 0.3 is 5.97 Å². The molecule has 1 amide bonds. The van der Waals surface area contributed by atoms with Crippen LogP contribution in [0.2, 0.25) is 0 Å². The van der Waals surface area contributed by atoms with Gasteiger partial charge in [-0.25, -0.2) is 0 Å². The maximum Gasteiger partial charge on any atom is 0.306 e. The highest BCUT2D eigenvalue weighted by molar-refractivity contribution is 5.77. The van der Waals surface area contributed by atoms with Gasteiger partial charge in [0.15, 0.2) is 0 Å². The van der Waals surface area contributed by atoms with Crippen LogP contribution in [0, 0.1) is 0 Å². The summed E-state index contributed by atoms with van der Waals surface area (Å²) in [5.41, 5.74) is 0. The second-order valence-corrected chi connectivity index (χ2v) is 18.0. The van der Waals surface area contributed by atoms with Crippen LogP contribution in [-0.2, 0) is 14.3 Å². The molecule has 0 spiro atoms. The first-order valence-electron chi connectivity index (χ1n) is 26.4. The lowest BCUT2D eigenvalue weighted by Gasteiger charge is -2.24. The summed E-state index contributed by atoms with van der Waals surface area (Å²) in [7, 11) is 0. The number of hydrogen-bond acceptors (Lipinski definition) is 5. The van der Waals surface area contributed by atoms with E-state index in [1.54, 1.807) is 0 Å². The van der Waals surface area contributed by atoms with Crippen molar-refractivity contribution >= 4 is 11.9 Å². The first-order chi connectivity index (χ1) is 30.0. The van der Waals surface area contributed by atoms with Crippen molar-refractivity contribution in [3.63, 3.8) is 0 Å². The molecule has 0 saturated carbocycles. The largest absolute Gasteiger partial charge is 0.462 e. The lowest BCUT2D eigenvalue weighted by atomic mass is 10.0. The van der Waals surface area contributed by atoms with E-state index in [1.807, 2.05) is 0 Å². The number of amides is 1. The van der Waals surface area contributed by atoms with E-state index in [9.17, 15) is 19.8 Å². The van der Waals surface area contributed by atoms with Crippen molar-refractivity contribution in [1.82, 2.24) is 5.32 Å². The molecule has 0 saturated heterocycles. The highest BCUT2D eigenvalue weighted by Gasteiger charge is 2.24. The highest BCUT2D eigenvalue weighted by Crippen LogP contribution is 2.18. The minimum atomic E-state index is -0.794. The second-order valence-electron chi connectivity index (χ2n) is 18.0. The van der Waals surface area contributed by atoms with Gasteiger partial charge in [0, 0.05) is 6.42 Å². The number of esters is 1.